The van der Waals surface area contributed by atoms with Gasteiger partial charge >= 0.3 is 0 Å². The number of fused-ring (bicyclic) bond motifs is 1. The fourth-order valence-corrected chi connectivity index (χ4v) is 3.78. The first kappa shape index (κ1) is 16.1. The average Bonchev–Trinajstić information content (AvgIpc) is 3.27. The molecular weight excluding hydrogens is 336 g/mol. The maximum Gasteiger partial charge on any atom is 0.231 e. The van der Waals surface area contributed by atoms with Crippen LogP contribution in [0.4, 0.5) is 0 Å². The molecule has 7 heteroatoms. The third-order valence-corrected chi connectivity index (χ3v) is 5.10. The van der Waals surface area contributed by atoms with Crippen LogP contribution in [0.2, 0.25) is 0 Å². The number of aryl methyl sites for hydroxylation is 2. The molecular formula is C18H20N4O2S. The van der Waals surface area contributed by atoms with E-state index in [9.17, 15) is 0 Å². The summed E-state index contributed by atoms with van der Waals surface area (Å²) < 4.78 is 12.7. The zero-order valence-corrected chi connectivity index (χ0v) is 15.3. The second-order valence-electron chi connectivity index (χ2n) is 6.30. The van der Waals surface area contributed by atoms with Gasteiger partial charge < -0.3 is 9.47 Å². The molecule has 130 valence electrons. The molecule has 6 nitrogen and oxygen atoms in total. The Bertz CT molecular complexity index is 902. The van der Waals surface area contributed by atoms with Gasteiger partial charge in [0.25, 0.3) is 0 Å². The van der Waals surface area contributed by atoms with E-state index in [2.05, 4.69) is 28.6 Å². The molecule has 1 aromatic carbocycles. The molecule has 0 saturated carbocycles. The summed E-state index contributed by atoms with van der Waals surface area (Å²) in [5, 5.41) is 7.51. The Balaban J connectivity index is 1.45. The Kier molecular flexibility index (Phi) is 4.19. The van der Waals surface area contributed by atoms with Gasteiger partial charge in [-0.1, -0.05) is 0 Å². The zero-order chi connectivity index (χ0) is 17.4. The highest BCUT2D eigenvalue weighted by Gasteiger charge is 2.16. The summed E-state index contributed by atoms with van der Waals surface area (Å²) in [6.45, 7) is 4.00. The van der Waals surface area contributed by atoms with Gasteiger partial charge in [0.15, 0.2) is 11.5 Å². The molecule has 0 amide bonds. The molecule has 2 aromatic heterocycles. The fourth-order valence-electron chi connectivity index (χ4n) is 2.97. The standard InChI is InChI=1S/C18H20N4O2S/c1-12-14(8-22(3)20-12)7-21(2)9-15-10-25-18(19-15)13-4-5-16-17(6-13)24-11-23-16/h4-6,8,10H,7,9,11H2,1-3H3. The third kappa shape index (κ3) is 3.38. The summed E-state index contributed by atoms with van der Waals surface area (Å²) in [5.41, 5.74) is 4.46. The van der Waals surface area contributed by atoms with Gasteiger partial charge in [-0.25, -0.2) is 4.98 Å². The van der Waals surface area contributed by atoms with Crippen LogP contribution in [0.1, 0.15) is 17.0 Å². The van der Waals surface area contributed by atoms with Gasteiger partial charge in [-0.15, -0.1) is 11.3 Å². The first-order chi connectivity index (χ1) is 12.1. The lowest BCUT2D eigenvalue weighted by molar-refractivity contribution is 0.174. The number of nitrogens with zero attached hydrogens (tertiary/aromatic N) is 4. The lowest BCUT2D eigenvalue weighted by Gasteiger charge is -2.14. The van der Waals surface area contributed by atoms with Gasteiger partial charge in [0.05, 0.1) is 11.4 Å². The largest absolute Gasteiger partial charge is 0.454 e. The Hall–Kier alpha value is -2.38. The van der Waals surface area contributed by atoms with E-state index in [0.717, 1.165) is 46.5 Å². The number of hydrogen-bond donors (Lipinski definition) is 0. The van der Waals surface area contributed by atoms with E-state index < -0.39 is 0 Å². The van der Waals surface area contributed by atoms with E-state index in [0.29, 0.717) is 6.79 Å². The molecule has 0 N–H and O–H groups in total. The number of rotatable bonds is 5. The SMILES string of the molecule is Cc1nn(C)cc1CN(C)Cc1csc(-c2ccc3c(c2)OCO3)n1. The lowest BCUT2D eigenvalue weighted by Crippen LogP contribution is -2.17. The van der Waals surface area contributed by atoms with E-state index in [1.54, 1.807) is 11.3 Å². The van der Waals surface area contributed by atoms with Gasteiger partial charge in [-0.05, 0) is 32.2 Å². The first-order valence-electron chi connectivity index (χ1n) is 8.10. The second kappa shape index (κ2) is 6.50. The van der Waals surface area contributed by atoms with Crippen LogP contribution in [0, 0.1) is 6.92 Å². The number of aromatic nitrogens is 3. The molecule has 1 aliphatic heterocycles. The quantitative estimate of drug-likeness (QED) is 0.703. The fraction of sp³-hybridized carbons (Fsp3) is 0.333. The summed E-state index contributed by atoms with van der Waals surface area (Å²) in [6.07, 6.45) is 2.07. The van der Waals surface area contributed by atoms with Gasteiger partial charge in [0.1, 0.15) is 5.01 Å². The molecule has 0 radical (unpaired) electrons. The van der Waals surface area contributed by atoms with Crippen LogP contribution in [0.5, 0.6) is 11.5 Å². The molecule has 1 aliphatic rings. The monoisotopic (exact) mass is 356 g/mol. The number of benzene rings is 1. The highest BCUT2D eigenvalue weighted by atomic mass is 32.1. The molecule has 0 unspecified atom stereocenters. The van der Waals surface area contributed by atoms with E-state index in [-0.39, 0.29) is 0 Å². The van der Waals surface area contributed by atoms with Crippen molar-refractivity contribution in [2.75, 3.05) is 13.8 Å². The van der Waals surface area contributed by atoms with Crippen LogP contribution in [0.25, 0.3) is 10.6 Å². The zero-order valence-electron chi connectivity index (χ0n) is 14.5. The summed E-state index contributed by atoms with van der Waals surface area (Å²) in [5.74, 6) is 1.59. The Morgan fingerprint density at radius 3 is 2.88 bits per heavy atom. The van der Waals surface area contributed by atoms with Crippen molar-refractivity contribution in [3.8, 4) is 22.1 Å². The van der Waals surface area contributed by atoms with E-state index in [1.807, 2.05) is 36.9 Å². The predicted molar refractivity (Wildman–Crippen MR) is 96.8 cm³/mol. The van der Waals surface area contributed by atoms with Crippen molar-refractivity contribution < 1.29 is 9.47 Å². The van der Waals surface area contributed by atoms with Crippen molar-refractivity contribution in [1.29, 1.82) is 0 Å². The van der Waals surface area contributed by atoms with Gasteiger partial charge in [-0.3, -0.25) is 9.58 Å². The van der Waals surface area contributed by atoms with Gasteiger partial charge in [0, 0.05) is 42.8 Å². The van der Waals surface area contributed by atoms with Crippen molar-refractivity contribution in [3.63, 3.8) is 0 Å². The van der Waals surface area contributed by atoms with Crippen molar-refractivity contribution >= 4 is 11.3 Å². The molecule has 0 spiro atoms. The maximum absolute atomic E-state index is 5.45. The highest BCUT2D eigenvalue weighted by Crippen LogP contribution is 2.36. The van der Waals surface area contributed by atoms with E-state index in [4.69, 9.17) is 14.5 Å². The van der Waals surface area contributed by atoms with Crippen LogP contribution >= 0.6 is 11.3 Å². The summed E-state index contributed by atoms with van der Waals surface area (Å²) >= 11 is 1.65. The normalized spacial score (nSPS) is 13.0. The van der Waals surface area contributed by atoms with Crippen LogP contribution in [-0.2, 0) is 20.1 Å². The molecule has 4 rings (SSSR count). The number of ether oxygens (including phenoxy) is 2. The first-order valence-corrected chi connectivity index (χ1v) is 8.98. The molecule has 25 heavy (non-hydrogen) atoms. The van der Waals surface area contributed by atoms with Gasteiger partial charge in [0.2, 0.25) is 6.79 Å². The topological polar surface area (TPSA) is 52.4 Å². The average molecular weight is 356 g/mol. The minimum Gasteiger partial charge on any atom is -0.454 e. The van der Waals surface area contributed by atoms with E-state index >= 15 is 0 Å². The lowest BCUT2D eigenvalue weighted by atomic mass is 10.2. The molecule has 3 aromatic rings. The molecule has 0 bridgehead atoms. The molecule has 0 saturated heterocycles. The number of thiazole rings is 1. The smallest absolute Gasteiger partial charge is 0.231 e. The van der Waals surface area contributed by atoms with Crippen LogP contribution in [0.15, 0.2) is 29.8 Å². The Labute approximate surface area is 150 Å². The Morgan fingerprint density at radius 2 is 2.08 bits per heavy atom. The van der Waals surface area contributed by atoms with Crippen LogP contribution in [-0.4, -0.2) is 33.5 Å². The minimum atomic E-state index is 0.292. The maximum atomic E-state index is 5.45. The summed E-state index contributed by atoms with van der Waals surface area (Å²) in [6, 6.07) is 5.96. The second-order valence-corrected chi connectivity index (χ2v) is 7.16. The van der Waals surface area contributed by atoms with E-state index in [1.165, 1.54) is 5.56 Å². The number of hydrogen-bond acceptors (Lipinski definition) is 6. The molecule has 0 atom stereocenters. The summed E-state index contributed by atoms with van der Waals surface area (Å²) in [7, 11) is 4.06. The van der Waals surface area contributed by atoms with Crippen molar-refractivity contribution in [2.45, 2.75) is 20.0 Å². The highest BCUT2D eigenvalue weighted by molar-refractivity contribution is 7.13. The summed E-state index contributed by atoms with van der Waals surface area (Å²) in [4.78, 5) is 7.03. The van der Waals surface area contributed by atoms with Crippen LogP contribution < -0.4 is 9.47 Å². The van der Waals surface area contributed by atoms with Gasteiger partial charge in [-0.2, -0.15) is 5.10 Å². The minimum absolute atomic E-state index is 0.292. The van der Waals surface area contributed by atoms with Crippen LogP contribution in [0.3, 0.4) is 0 Å². The predicted octanol–water partition coefficient (Wildman–Crippen LogP) is 3.21. The molecule has 0 aliphatic carbocycles. The molecule has 3 heterocycles. The molecule has 0 fully saturated rings. The Morgan fingerprint density at radius 1 is 1.24 bits per heavy atom. The third-order valence-electron chi connectivity index (χ3n) is 4.16. The van der Waals surface area contributed by atoms with Crippen molar-refractivity contribution in [1.82, 2.24) is 19.7 Å². The van der Waals surface area contributed by atoms with Crippen molar-refractivity contribution in [3.05, 3.63) is 46.7 Å². The van der Waals surface area contributed by atoms with Crippen molar-refractivity contribution in [2.24, 2.45) is 7.05 Å².